The Labute approximate surface area is 143 Å². The quantitative estimate of drug-likeness (QED) is 0.586. The first-order chi connectivity index (χ1) is 12.0. The summed E-state index contributed by atoms with van der Waals surface area (Å²) >= 11 is 0. The Kier molecular flexibility index (Phi) is 6.05. The van der Waals surface area contributed by atoms with Gasteiger partial charge in [-0.15, -0.1) is 0 Å². The molecule has 2 amide bonds. The second-order valence-electron chi connectivity index (χ2n) is 4.84. The minimum atomic E-state index is -0.664. The molecule has 0 saturated carbocycles. The van der Waals surface area contributed by atoms with Crippen molar-refractivity contribution < 1.29 is 23.5 Å². The number of hydrogen-bond donors (Lipinski definition) is 2. The highest BCUT2D eigenvalue weighted by atomic mass is 19.1. The summed E-state index contributed by atoms with van der Waals surface area (Å²) in [5.74, 6) is -1.20. The minimum absolute atomic E-state index is 0.104. The lowest BCUT2D eigenvalue weighted by molar-refractivity contribution is -0.119. The number of hydrazone groups is 1. The van der Waals surface area contributed by atoms with Crippen molar-refractivity contribution >= 4 is 18.0 Å². The highest BCUT2D eigenvalue weighted by Crippen LogP contribution is 2.27. The van der Waals surface area contributed by atoms with Crippen LogP contribution in [0.4, 0.5) is 4.39 Å². The smallest absolute Gasteiger partial charge is 0.274 e. The maximum Gasteiger partial charge on any atom is 0.274 e. The van der Waals surface area contributed by atoms with Crippen LogP contribution in [-0.4, -0.2) is 31.7 Å². The Morgan fingerprint density at radius 1 is 1.24 bits per heavy atom. The van der Waals surface area contributed by atoms with Gasteiger partial charge in [0.05, 0.1) is 18.9 Å². The molecule has 0 bridgehead atoms. The summed E-state index contributed by atoms with van der Waals surface area (Å²) < 4.78 is 23.8. The number of hydrogen-bond acceptors (Lipinski definition) is 5. The fraction of sp³-hybridized carbons (Fsp3) is 0.118. The Balaban J connectivity index is 2.04. The first-order valence-electron chi connectivity index (χ1n) is 7.18. The normalized spacial score (nSPS) is 10.5. The number of carbonyl (C=O) groups excluding carboxylic acids is 2. The molecule has 8 heteroatoms. The second-order valence-corrected chi connectivity index (χ2v) is 4.84. The van der Waals surface area contributed by atoms with E-state index in [4.69, 9.17) is 15.2 Å². The summed E-state index contributed by atoms with van der Waals surface area (Å²) in [5, 5.41) is 3.78. The number of benzene rings is 2. The molecular formula is C17H16FN3O4. The lowest BCUT2D eigenvalue weighted by Gasteiger charge is -2.09. The molecule has 2 rings (SSSR count). The fourth-order valence-electron chi connectivity index (χ4n) is 1.90. The fourth-order valence-corrected chi connectivity index (χ4v) is 1.90. The number of amides is 2. The third kappa shape index (κ3) is 5.03. The van der Waals surface area contributed by atoms with E-state index >= 15 is 0 Å². The van der Waals surface area contributed by atoms with E-state index in [0.29, 0.717) is 17.1 Å². The lowest BCUT2D eigenvalue weighted by atomic mass is 10.2. The lowest BCUT2D eigenvalue weighted by Crippen LogP contribution is -2.20. The number of nitrogens with two attached hydrogens (primary N) is 1. The monoisotopic (exact) mass is 345 g/mol. The number of halogens is 1. The third-order valence-corrected chi connectivity index (χ3v) is 3.06. The van der Waals surface area contributed by atoms with E-state index in [1.54, 1.807) is 24.3 Å². The van der Waals surface area contributed by atoms with Crippen LogP contribution in [0.25, 0.3) is 0 Å². The van der Waals surface area contributed by atoms with Crippen molar-refractivity contribution in [1.29, 1.82) is 0 Å². The maximum atomic E-state index is 13.5. The first-order valence-corrected chi connectivity index (χ1v) is 7.18. The molecule has 0 radical (unpaired) electrons. The summed E-state index contributed by atoms with van der Waals surface area (Å²) in [7, 11) is 1.44. The van der Waals surface area contributed by atoms with Gasteiger partial charge in [0.2, 0.25) is 0 Å². The topological polar surface area (TPSA) is 103 Å². The molecule has 0 aliphatic rings. The molecule has 0 aromatic heterocycles. The van der Waals surface area contributed by atoms with Gasteiger partial charge in [-0.2, -0.15) is 5.10 Å². The molecule has 0 spiro atoms. The van der Waals surface area contributed by atoms with Crippen molar-refractivity contribution in [1.82, 2.24) is 5.43 Å². The number of carbonyl (C=O) groups is 2. The zero-order valence-corrected chi connectivity index (χ0v) is 13.4. The van der Waals surface area contributed by atoms with Crippen molar-refractivity contribution in [2.75, 3.05) is 13.7 Å². The van der Waals surface area contributed by atoms with Crippen LogP contribution >= 0.6 is 0 Å². The zero-order valence-electron chi connectivity index (χ0n) is 13.4. The second kappa shape index (κ2) is 8.44. The van der Waals surface area contributed by atoms with E-state index < -0.39 is 17.6 Å². The number of ether oxygens (including phenoxy) is 2. The van der Waals surface area contributed by atoms with E-state index in [1.165, 1.54) is 31.5 Å². The molecule has 2 aromatic carbocycles. The van der Waals surface area contributed by atoms with Crippen LogP contribution in [0.2, 0.25) is 0 Å². The van der Waals surface area contributed by atoms with Gasteiger partial charge in [0.15, 0.2) is 18.1 Å². The molecule has 0 saturated heterocycles. The average molecular weight is 345 g/mol. The van der Waals surface area contributed by atoms with Gasteiger partial charge >= 0.3 is 0 Å². The molecule has 130 valence electrons. The molecule has 0 aliphatic heterocycles. The highest BCUT2D eigenvalue weighted by molar-refractivity contribution is 5.95. The van der Waals surface area contributed by atoms with Gasteiger partial charge in [0.1, 0.15) is 5.82 Å². The third-order valence-electron chi connectivity index (χ3n) is 3.06. The highest BCUT2D eigenvalue weighted by Gasteiger charge is 2.09. The summed E-state index contributed by atoms with van der Waals surface area (Å²) in [4.78, 5) is 22.6. The van der Waals surface area contributed by atoms with E-state index in [1.807, 2.05) is 0 Å². The molecule has 2 aromatic rings. The van der Waals surface area contributed by atoms with E-state index in [9.17, 15) is 14.0 Å². The van der Waals surface area contributed by atoms with Gasteiger partial charge in [-0.25, -0.2) is 9.82 Å². The molecule has 0 heterocycles. The molecule has 7 nitrogen and oxygen atoms in total. The number of nitrogens with zero attached hydrogens (tertiary/aromatic N) is 1. The predicted molar refractivity (Wildman–Crippen MR) is 89.1 cm³/mol. The standard InChI is InChI=1S/C17H16FN3O4/c1-24-15-8-11(6-7-14(15)25-10-16(19)22)9-20-21-17(23)12-4-2-3-5-13(12)18/h2-9H,10H2,1H3,(H2,19,22)(H,21,23)/b20-9-. The number of primary amides is 1. The van der Waals surface area contributed by atoms with Gasteiger partial charge in [0, 0.05) is 0 Å². The molecule has 0 atom stereocenters. The number of nitrogens with one attached hydrogen (secondary N) is 1. The Morgan fingerprint density at radius 2 is 2.00 bits per heavy atom. The molecule has 3 N–H and O–H groups in total. The Morgan fingerprint density at radius 3 is 2.68 bits per heavy atom. The maximum absolute atomic E-state index is 13.5. The van der Waals surface area contributed by atoms with Crippen LogP contribution in [0.1, 0.15) is 15.9 Å². The van der Waals surface area contributed by atoms with Crippen LogP contribution in [0.5, 0.6) is 11.5 Å². The van der Waals surface area contributed by atoms with Gasteiger partial charge in [-0.05, 0) is 35.9 Å². The number of rotatable bonds is 7. The van der Waals surface area contributed by atoms with Crippen molar-refractivity contribution in [2.45, 2.75) is 0 Å². The van der Waals surface area contributed by atoms with E-state index in [0.717, 1.165) is 0 Å². The molecular weight excluding hydrogens is 329 g/mol. The van der Waals surface area contributed by atoms with Crippen molar-refractivity contribution in [3.8, 4) is 11.5 Å². The average Bonchev–Trinajstić information content (AvgIpc) is 2.60. The van der Waals surface area contributed by atoms with Crippen molar-refractivity contribution in [2.24, 2.45) is 10.8 Å². The van der Waals surface area contributed by atoms with Crippen molar-refractivity contribution in [3.05, 3.63) is 59.4 Å². The summed E-state index contributed by atoms with van der Waals surface area (Å²) in [6, 6.07) is 10.4. The van der Waals surface area contributed by atoms with Gasteiger partial charge in [-0.3, -0.25) is 9.59 Å². The molecule has 0 unspecified atom stereocenters. The SMILES string of the molecule is COc1cc(/C=N\NC(=O)c2ccccc2F)ccc1OCC(N)=O. The molecule has 0 aliphatic carbocycles. The first kappa shape index (κ1) is 17.9. The van der Waals surface area contributed by atoms with Crippen LogP contribution in [0.15, 0.2) is 47.6 Å². The molecule has 0 fully saturated rings. The van der Waals surface area contributed by atoms with Crippen LogP contribution in [0.3, 0.4) is 0 Å². The van der Waals surface area contributed by atoms with E-state index in [-0.39, 0.29) is 12.2 Å². The summed E-state index contributed by atoms with van der Waals surface area (Å²) in [6.45, 7) is -0.275. The Hall–Kier alpha value is -3.42. The van der Waals surface area contributed by atoms with Crippen LogP contribution < -0.4 is 20.6 Å². The van der Waals surface area contributed by atoms with Gasteiger partial charge < -0.3 is 15.2 Å². The van der Waals surface area contributed by atoms with Crippen LogP contribution in [0, 0.1) is 5.82 Å². The minimum Gasteiger partial charge on any atom is -0.493 e. The van der Waals surface area contributed by atoms with Crippen molar-refractivity contribution in [3.63, 3.8) is 0 Å². The Bertz CT molecular complexity index is 808. The predicted octanol–water partition coefficient (Wildman–Crippen LogP) is 1.46. The molecule has 25 heavy (non-hydrogen) atoms. The summed E-state index contributed by atoms with van der Waals surface area (Å²) in [6.07, 6.45) is 1.36. The number of methoxy groups -OCH3 is 1. The van der Waals surface area contributed by atoms with Gasteiger partial charge in [-0.1, -0.05) is 12.1 Å². The largest absolute Gasteiger partial charge is 0.493 e. The van der Waals surface area contributed by atoms with Gasteiger partial charge in [0.25, 0.3) is 11.8 Å². The zero-order chi connectivity index (χ0) is 18.2. The van der Waals surface area contributed by atoms with Crippen LogP contribution in [-0.2, 0) is 4.79 Å². The summed E-state index contributed by atoms with van der Waals surface area (Å²) in [5.41, 5.74) is 7.75. The van der Waals surface area contributed by atoms with E-state index in [2.05, 4.69) is 10.5 Å².